The van der Waals surface area contributed by atoms with Crippen LogP contribution in [0.15, 0.2) is 42.5 Å². The van der Waals surface area contributed by atoms with Crippen LogP contribution in [0.1, 0.15) is 37.4 Å². The Morgan fingerprint density at radius 3 is 2.38 bits per heavy atom. The molecule has 2 rings (SSSR count). The molecule has 0 spiro atoms. The minimum atomic E-state index is -0.382. The Morgan fingerprint density at radius 1 is 1.10 bits per heavy atom. The van der Waals surface area contributed by atoms with Gasteiger partial charge in [-0.1, -0.05) is 38.1 Å². The van der Waals surface area contributed by atoms with Gasteiger partial charge in [-0.25, -0.2) is 4.39 Å². The topological polar surface area (TPSA) is 35.8 Å². The van der Waals surface area contributed by atoms with Gasteiger partial charge in [0.1, 0.15) is 5.82 Å². The maximum absolute atomic E-state index is 13.5. The van der Waals surface area contributed by atoms with Gasteiger partial charge in [0.05, 0.1) is 11.6 Å². The number of nitrogens with one attached hydrogen (secondary N) is 1. The van der Waals surface area contributed by atoms with E-state index in [0.717, 1.165) is 24.1 Å². The summed E-state index contributed by atoms with van der Waals surface area (Å²) in [7, 11) is 0. The molecule has 0 saturated carbocycles. The molecular formula is C18H19FN2. The van der Waals surface area contributed by atoms with Crippen LogP contribution < -0.4 is 5.32 Å². The van der Waals surface area contributed by atoms with Crippen LogP contribution in [0, 0.1) is 17.1 Å². The fourth-order valence-corrected chi connectivity index (χ4v) is 2.47. The van der Waals surface area contributed by atoms with Crippen LogP contribution in [0.2, 0.25) is 0 Å². The summed E-state index contributed by atoms with van der Waals surface area (Å²) in [4.78, 5) is 0. The molecule has 2 aromatic rings. The molecule has 1 N–H and O–H groups in total. The van der Waals surface area contributed by atoms with E-state index >= 15 is 0 Å². The minimum absolute atomic E-state index is 0.339. The van der Waals surface area contributed by atoms with E-state index in [-0.39, 0.29) is 5.82 Å². The minimum Gasteiger partial charge on any atom is -0.310 e. The first-order valence-corrected chi connectivity index (χ1v) is 7.22. The van der Waals surface area contributed by atoms with Crippen molar-refractivity contribution in [3.63, 3.8) is 0 Å². The number of nitrogens with zero attached hydrogens (tertiary/aromatic N) is 1. The van der Waals surface area contributed by atoms with Crippen molar-refractivity contribution in [2.45, 2.75) is 26.3 Å². The van der Waals surface area contributed by atoms with Gasteiger partial charge in [0, 0.05) is 6.04 Å². The lowest BCUT2D eigenvalue weighted by Crippen LogP contribution is -2.19. The second-order valence-corrected chi connectivity index (χ2v) is 4.98. The van der Waals surface area contributed by atoms with Gasteiger partial charge < -0.3 is 5.32 Å². The van der Waals surface area contributed by atoms with Gasteiger partial charge in [-0.15, -0.1) is 0 Å². The predicted octanol–water partition coefficient (Wildman–Crippen LogP) is 4.42. The maximum Gasteiger partial charge on any atom is 0.125 e. The lowest BCUT2D eigenvalue weighted by atomic mass is 9.98. The Hall–Kier alpha value is -2.18. The molecule has 108 valence electrons. The molecule has 2 aromatic carbocycles. The lowest BCUT2D eigenvalue weighted by Gasteiger charge is -2.16. The average molecular weight is 282 g/mol. The fraction of sp³-hybridized carbons (Fsp3) is 0.278. The van der Waals surface area contributed by atoms with Crippen molar-refractivity contribution in [2.24, 2.45) is 0 Å². The van der Waals surface area contributed by atoms with Crippen molar-refractivity contribution in [3.05, 3.63) is 59.4 Å². The molecule has 0 fully saturated rings. The Bertz CT molecular complexity index is 641. The zero-order valence-corrected chi connectivity index (χ0v) is 12.4. The average Bonchev–Trinajstić information content (AvgIpc) is 2.52. The van der Waals surface area contributed by atoms with Crippen molar-refractivity contribution in [2.75, 3.05) is 6.54 Å². The number of rotatable bonds is 5. The predicted molar refractivity (Wildman–Crippen MR) is 83.3 cm³/mol. The summed E-state index contributed by atoms with van der Waals surface area (Å²) in [5.41, 5.74) is 3.21. The summed E-state index contributed by atoms with van der Waals surface area (Å²) in [5, 5.41) is 12.3. The van der Waals surface area contributed by atoms with Crippen LogP contribution in [0.4, 0.5) is 4.39 Å². The molecule has 3 heteroatoms. The molecule has 0 amide bonds. The Morgan fingerprint density at radius 2 is 1.81 bits per heavy atom. The molecule has 0 bridgehead atoms. The summed E-state index contributed by atoms with van der Waals surface area (Å²) in [6.45, 7) is 5.16. The summed E-state index contributed by atoms with van der Waals surface area (Å²) in [6.07, 6.45) is 1.02. The maximum atomic E-state index is 13.5. The van der Waals surface area contributed by atoms with Gasteiger partial charge in [0.25, 0.3) is 0 Å². The summed E-state index contributed by atoms with van der Waals surface area (Å²) in [5.74, 6) is -0.382. The monoisotopic (exact) mass is 282 g/mol. The van der Waals surface area contributed by atoms with Gasteiger partial charge in [-0.05, 0) is 47.9 Å². The van der Waals surface area contributed by atoms with Gasteiger partial charge in [-0.2, -0.15) is 5.26 Å². The van der Waals surface area contributed by atoms with Crippen LogP contribution >= 0.6 is 0 Å². The second kappa shape index (κ2) is 7.01. The van der Waals surface area contributed by atoms with Gasteiger partial charge in [0.15, 0.2) is 0 Å². The van der Waals surface area contributed by atoms with E-state index in [0.29, 0.717) is 11.6 Å². The molecule has 0 aliphatic rings. The van der Waals surface area contributed by atoms with Gasteiger partial charge in [-0.3, -0.25) is 0 Å². The first-order chi connectivity index (χ1) is 10.2. The molecule has 2 nitrogen and oxygen atoms in total. The van der Waals surface area contributed by atoms with Crippen molar-refractivity contribution in [3.8, 4) is 17.2 Å². The van der Waals surface area contributed by atoms with Crippen LogP contribution in [0.25, 0.3) is 11.1 Å². The fourth-order valence-electron chi connectivity index (χ4n) is 2.47. The zero-order chi connectivity index (χ0) is 15.2. The summed E-state index contributed by atoms with van der Waals surface area (Å²) in [6, 6.07) is 14.8. The number of hydrogen-bond donors (Lipinski definition) is 1. The van der Waals surface area contributed by atoms with Crippen LogP contribution in [-0.2, 0) is 0 Å². The Kier molecular flexibility index (Phi) is 5.08. The highest BCUT2D eigenvalue weighted by Gasteiger charge is 2.08. The number of benzene rings is 2. The van der Waals surface area contributed by atoms with Crippen molar-refractivity contribution >= 4 is 0 Å². The molecular weight excluding hydrogens is 263 g/mol. The SMILES string of the molecule is CCNC(CC)c1ccc(-c2cc(F)cc(C#N)c2)cc1. The smallest absolute Gasteiger partial charge is 0.125 e. The highest BCUT2D eigenvalue weighted by Crippen LogP contribution is 2.25. The van der Waals surface area contributed by atoms with Crippen molar-refractivity contribution in [1.82, 2.24) is 5.32 Å². The Labute approximate surface area is 125 Å². The molecule has 1 atom stereocenters. The van der Waals surface area contributed by atoms with E-state index in [1.165, 1.54) is 17.7 Å². The quantitative estimate of drug-likeness (QED) is 0.881. The Balaban J connectivity index is 2.31. The van der Waals surface area contributed by atoms with E-state index in [4.69, 9.17) is 5.26 Å². The number of hydrogen-bond acceptors (Lipinski definition) is 2. The standard InChI is InChI=1S/C18H19FN2/c1-3-18(21-4-2)15-7-5-14(6-8-15)16-9-13(12-20)10-17(19)11-16/h5-11,18,21H,3-4H2,1-2H3. The summed E-state index contributed by atoms with van der Waals surface area (Å²) >= 11 is 0. The molecule has 21 heavy (non-hydrogen) atoms. The third-order valence-electron chi connectivity index (χ3n) is 3.53. The van der Waals surface area contributed by atoms with E-state index in [1.54, 1.807) is 6.07 Å². The number of nitriles is 1. The van der Waals surface area contributed by atoms with E-state index < -0.39 is 0 Å². The van der Waals surface area contributed by atoms with Crippen LogP contribution in [-0.4, -0.2) is 6.54 Å². The summed E-state index contributed by atoms with van der Waals surface area (Å²) < 4.78 is 13.5. The normalized spacial score (nSPS) is 11.9. The molecule has 0 aliphatic carbocycles. The van der Waals surface area contributed by atoms with E-state index in [9.17, 15) is 4.39 Å². The van der Waals surface area contributed by atoms with Gasteiger partial charge >= 0.3 is 0 Å². The molecule has 0 aromatic heterocycles. The molecule has 1 unspecified atom stereocenters. The molecule has 0 aliphatic heterocycles. The molecule has 0 radical (unpaired) electrons. The van der Waals surface area contributed by atoms with Crippen LogP contribution in [0.3, 0.4) is 0 Å². The highest BCUT2D eigenvalue weighted by atomic mass is 19.1. The van der Waals surface area contributed by atoms with E-state index in [1.807, 2.05) is 18.2 Å². The van der Waals surface area contributed by atoms with Crippen molar-refractivity contribution < 1.29 is 4.39 Å². The molecule has 0 heterocycles. The zero-order valence-electron chi connectivity index (χ0n) is 12.4. The van der Waals surface area contributed by atoms with Crippen LogP contribution in [0.5, 0.6) is 0 Å². The lowest BCUT2D eigenvalue weighted by molar-refractivity contribution is 0.537. The highest BCUT2D eigenvalue weighted by molar-refractivity contribution is 5.65. The third kappa shape index (κ3) is 3.68. The second-order valence-electron chi connectivity index (χ2n) is 4.98. The largest absolute Gasteiger partial charge is 0.310 e. The first kappa shape index (κ1) is 15.2. The third-order valence-corrected chi connectivity index (χ3v) is 3.53. The number of halogens is 1. The van der Waals surface area contributed by atoms with E-state index in [2.05, 4.69) is 31.3 Å². The molecule has 0 saturated heterocycles. The van der Waals surface area contributed by atoms with Crippen molar-refractivity contribution in [1.29, 1.82) is 5.26 Å². The van der Waals surface area contributed by atoms with Gasteiger partial charge in [0.2, 0.25) is 0 Å². The first-order valence-electron chi connectivity index (χ1n) is 7.22.